The van der Waals surface area contributed by atoms with Crippen LogP contribution in [0.15, 0.2) is 5.16 Å². The van der Waals surface area contributed by atoms with Gasteiger partial charge in [-0.1, -0.05) is 11.8 Å². The number of nitrogen functional groups attached to an aromatic ring is 1. The third kappa shape index (κ3) is 3.38. The molecule has 1 aromatic heterocycles. The molecule has 2 heterocycles. The number of nitrogens with one attached hydrogen (secondary N) is 1. The van der Waals surface area contributed by atoms with Crippen molar-refractivity contribution < 1.29 is 4.79 Å². The molecule has 1 aliphatic heterocycles. The van der Waals surface area contributed by atoms with Crippen LogP contribution in [0.4, 0.5) is 5.95 Å². The van der Waals surface area contributed by atoms with Crippen LogP contribution in [-0.2, 0) is 4.79 Å². The first kappa shape index (κ1) is 14.1. The highest BCUT2D eigenvalue weighted by molar-refractivity contribution is 7.99. The number of piperazine rings is 1. The van der Waals surface area contributed by atoms with E-state index in [1.807, 2.05) is 23.3 Å². The summed E-state index contributed by atoms with van der Waals surface area (Å²) in [5, 5.41) is 11.8. The van der Waals surface area contributed by atoms with Crippen LogP contribution in [0.3, 0.4) is 0 Å². The largest absolute Gasteiger partial charge is 0.368 e. The molecule has 1 aromatic rings. The number of hydrogen-bond donors (Lipinski definition) is 2. The van der Waals surface area contributed by atoms with Crippen LogP contribution in [0.1, 0.15) is 19.9 Å². The molecular formula is C11H20N6OS. The van der Waals surface area contributed by atoms with Gasteiger partial charge in [0.2, 0.25) is 11.9 Å². The minimum atomic E-state index is 0.142. The molecule has 1 amide bonds. The van der Waals surface area contributed by atoms with E-state index in [-0.39, 0.29) is 11.9 Å². The molecule has 7 nitrogen and oxygen atoms in total. The summed E-state index contributed by atoms with van der Waals surface area (Å²) < 4.78 is 1.84. The van der Waals surface area contributed by atoms with Gasteiger partial charge < -0.3 is 16.0 Å². The van der Waals surface area contributed by atoms with Crippen molar-refractivity contribution >= 4 is 23.6 Å². The highest BCUT2D eigenvalue weighted by atomic mass is 32.2. The van der Waals surface area contributed by atoms with Crippen molar-refractivity contribution in [3.05, 3.63) is 0 Å². The molecule has 0 aliphatic carbocycles. The van der Waals surface area contributed by atoms with E-state index in [0.717, 1.165) is 26.2 Å². The van der Waals surface area contributed by atoms with Gasteiger partial charge in [0.15, 0.2) is 5.16 Å². The quantitative estimate of drug-likeness (QED) is 0.755. The topological polar surface area (TPSA) is 89.1 Å². The predicted molar refractivity (Wildman–Crippen MR) is 75.0 cm³/mol. The number of rotatable bonds is 4. The molecule has 106 valence electrons. The van der Waals surface area contributed by atoms with E-state index in [2.05, 4.69) is 15.5 Å². The van der Waals surface area contributed by atoms with Gasteiger partial charge in [-0.3, -0.25) is 9.36 Å². The van der Waals surface area contributed by atoms with Crippen LogP contribution >= 0.6 is 11.8 Å². The molecule has 19 heavy (non-hydrogen) atoms. The average molecular weight is 284 g/mol. The monoisotopic (exact) mass is 284 g/mol. The normalized spacial score (nSPS) is 16.1. The number of nitrogens with two attached hydrogens (primary N) is 1. The molecule has 2 rings (SSSR count). The maximum absolute atomic E-state index is 12.0. The molecule has 1 fully saturated rings. The summed E-state index contributed by atoms with van der Waals surface area (Å²) in [5.41, 5.74) is 5.76. The van der Waals surface area contributed by atoms with Gasteiger partial charge in [-0.2, -0.15) is 0 Å². The van der Waals surface area contributed by atoms with Crippen LogP contribution in [0.25, 0.3) is 0 Å². The molecule has 1 aliphatic rings. The lowest BCUT2D eigenvalue weighted by Gasteiger charge is -2.27. The van der Waals surface area contributed by atoms with E-state index in [4.69, 9.17) is 5.73 Å². The fourth-order valence-corrected chi connectivity index (χ4v) is 2.98. The Morgan fingerprint density at radius 2 is 2.11 bits per heavy atom. The van der Waals surface area contributed by atoms with Crippen LogP contribution in [0.5, 0.6) is 0 Å². The number of thioether (sulfide) groups is 1. The van der Waals surface area contributed by atoms with Crippen LogP contribution < -0.4 is 11.1 Å². The fourth-order valence-electron chi connectivity index (χ4n) is 2.00. The molecule has 0 bridgehead atoms. The SMILES string of the molecule is CC(C)n1c(N)nnc1SCC(=O)N1CCNCC1. The zero-order valence-electron chi connectivity index (χ0n) is 11.3. The zero-order chi connectivity index (χ0) is 13.8. The van der Waals surface area contributed by atoms with E-state index in [1.165, 1.54) is 11.8 Å². The summed E-state index contributed by atoms with van der Waals surface area (Å²) in [6.07, 6.45) is 0. The van der Waals surface area contributed by atoms with E-state index in [1.54, 1.807) is 0 Å². The number of anilines is 1. The van der Waals surface area contributed by atoms with E-state index in [9.17, 15) is 4.79 Å². The van der Waals surface area contributed by atoms with E-state index >= 15 is 0 Å². The zero-order valence-corrected chi connectivity index (χ0v) is 12.1. The molecule has 0 aromatic carbocycles. The average Bonchev–Trinajstić information content (AvgIpc) is 2.78. The Balaban J connectivity index is 1.93. The van der Waals surface area contributed by atoms with Crippen LogP contribution in [0.2, 0.25) is 0 Å². The fraction of sp³-hybridized carbons (Fsp3) is 0.727. The molecular weight excluding hydrogens is 264 g/mol. The first-order chi connectivity index (χ1) is 9.09. The van der Waals surface area contributed by atoms with Crippen LogP contribution in [0, 0.1) is 0 Å². The summed E-state index contributed by atoms with van der Waals surface area (Å²) in [5.74, 6) is 0.917. The maximum atomic E-state index is 12.0. The number of hydrogen-bond acceptors (Lipinski definition) is 6. The molecule has 8 heteroatoms. The molecule has 0 saturated carbocycles. The number of carbonyl (C=O) groups is 1. The highest BCUT2D eigenvalue weighted by Gasteiger charge is 2.19. The summed E-state index contributed by atoms with van der Waals surface area (Å²) >= 11 is 1.40. The predicted octanol–water partition coefficient (Wildman–Crippen LogP) is -0.0349. The minimum Gasteiger partial charge on any atom is -0.368 e. The van der Waals surface area contributed by atoms with Gasteiger partial charge in [-0.15, -0.1) is 10.2 Å². The summed E-state index contributed by atoms with van der Waals surface area (Å²) in [4.78, 5) is 13.9. The summed E-state index contributed by atoms with van der Waals surface area (Å²) in [6.45, 7) is 7.32. The van der Waals surface area contributed by atoms with Gasteiger partial charge in [-0.25, -0.2) is 0 Å². The minimum absolute atomic E-state index is 0.142. The molecule has 0 radical (unpaired) electrons. The highest BCUT2D eigenvalue weighted by Crippen LogP contribution is 2.22. The van der Waals surface area contributed by atoms with Crippen LogP contribution in [-0.4, -0.2) is 57.5 Å². The number of aromatic nitrogens is 3. The van der Waals surface area contributed by atoms with Crippen molar-refractivity contribution in [1.29, 1.82) is 0 Å². The second-order valence-electron chi connectivity index (χ2n) is 4.72. The smallest absolute Gasteiger partial charge is 0.233 e. The second-order valence-corrected chi connectivity index (χ2v) is 5.67. The number of carbonyl (C=O) groups excluding carboxylic acids is 1. The Labute approximate surface area is 116 Å². The third-order valence-electron chi connectivity index (χ3n) is 3.00. The lowest BCUT2D eigenvalue weighted by atomic mass is 10.3. The Bertz CT molecular complexity index is 440. The van der Waals surface area contributed by atoms with Crippen molar-refractivity contribution in [1.82, 2.24) is 25.0 Å². The Morgan fingerprint density at radius 1 is 1.42 bits per heavy atom. The lowest BCUT2D eigenvalue weighted by molar-refractivity contribution is -0.128. The van der Waals surface area contributed by atoms with Crippen molar-refractivity contribution in [2.24, 2.45) is 0 Å². The van der Waals surface area contributed by atoms with E-state index in [0.29, 0.717) is 16.9 Å². The van der Waals surface area contributed by atoms with Gasteiger partial charge >= 0.3 is 0 Å². The molecule has 1 saturated heterocycles. The third-order valence-corrected chi connectivity index (χ3v) is 3.93. The lowest BCUT2D eigenvalue weighted by Crippen LogP contribution is -2.47. The number of nitrogens with zero attached hydrogens (tertiary/aromatic N) is 4. The Kier molecular flexibility index (Phi) is 4.65. The standard InChI is InChI=1S/C11H20N6OS/c1-8(2)17-10(12)14-15-11(17)19-7-9(18)16-5-3-13-4-6-16/h8,13H,3-7H2,1-2H3,(H2,12,14). The van der Waals surface area contributed by atoms with Crippen molar-refractivity contribution in [2.45, 2.75) is 25.0 Å². The van der Waals surface area contributed by atoms with Crippen molar-refractivity contribution in [2.75, 3.05) is 37.7 Å². The van der Waals surface area contributed by atoms with Crippen molar-refractivity contribution in [3.8, 4) is 0 Å². The van der Waals surface area contributed by atoms with Gasteiger partial charge in [0.05, 0.1) is 5.75 Å². The van der Waals surface area contributed by atoms with Gasteiger partial charge in [0, 0.05) is 32.2 Å². The molecule has 0 spiro atoms. The van der Waals surface area contributed by atoms with Crippen molar-refractivity contribution in [3.63, 3.8) is 0 Å². The maximum Gasteiger partial charge on any atom is 0.233 e. The molecule has 0 atom stereocenters. The second kappa shape index (κ2) is 6.25. The first-order valence-electron chi connectivity index (χ1n) is 6.41. The van der Waals surface area contributed by atoms with Gasteiger partial charge in [-0.05, 0) is 13.8 Å². The Morgan fingerprint density at radius 3 is 2.74 bits per heavy atom. The molecule has 0 unspecified atom stereocenters. The van der Waals surface area contributed by atoms with Gasteiger partial charge in [0.25, 0.3) is 0 Å². The summed E-state index contributed by atoms with van der Waals surface area (Å²) in [7, 11) is 0. The number of amides is 1. The first-order valence-corrected chi connectivity index (χ1v) is 7.40. The Hall–Kier alpha value is -1.28. The van der Waals surface area contributed by atoms with Gasteiger partial charge in [0.1, 0.15) is 0 Å². The summed E-state index contributed by atoms with van der Waals surface area (Å²) in [6, 6.07) is 0.187. The molecule has 3 N–H and O–H groups in total. The van der Waals surface area contributed by atoms with E-state index < -0.39 is 0 Å².